The van der Waals surface area contributed by atoms with Crippen molar-refractivity contribution >= 4 is 28.9 Å². The van der Waals surface area contributed by atoms with Gasteiger partial charge in [0.2, 0.25) is 0 Å². The molecule has 0 atom stereocenters. The second kappa shape index (κ2) is 11.2. The molecule has 0 bridgehead atoms. The summed E-state index contributed by atoms with van der Waals surface area (Å²) in [6.07, 6.45) is 3.64. The normalized spacial score (nSPS) is 11.3. The molecule has 0 spiro atoms. The molecule has 0 unspecified atom stereocenters. The van der Waals surface area contributed by atoms with Crippen molar-refractivity contribution in [3.05, 3.63) is 81.7 Å². The van der Waals surface area contributed by atoms with Crippen molar-refractivity contribution in [1.29, 1.82) is 0 Å². The largest absolute Gasteiger partial charge is 0.423 e. The number of carbonyl (C=O) groups is 2. The topological polar surface area (TPSA) is 94.8 Å². The number of rotatable bonds is 9. The molecule has 7 heteroatoms. The van der Waals surface area contributed by atoms with Gasteiger partial charge in [0.25, 0.3) is 5.91 Å². The van der Waals surface area contributed by atoms with Crippen molar-refractivity contribution in [2.24, 2.45) is 0 Å². The van der Waals surface area contributed by atoms with E-state index in [1.807, 2.05) is 24.3 Å². The molecule has 2 aromatic carbocycles. The Morgan fingerprint density at radius 2 is 1.85 bits per heavy atom. The van der Waals surface area contributed by atoms with Crippen molar-refractivity contribution < 1.29 is 23.5 Å². The summed E-state index contributed by atoms with van der Waals surface area (Å²) in [5.41, 5.74) is 1.47. The molecule has 0 aliphatic rings. The lowest BCUT2D eigenvalue weighted by Gasteiger charge is -2.06. The van der Waals surface area contributed by atoms with E-state index in [-0.39, 0.29) is 16.9 Å². The van der Waals surface area contributed by atoms with Gasteiger partial charge >= 0.3 is 11.6 Å². The lowest BCUT2D eigenvalue weighted by molar-refractivity contribution is -0.128. The Kier molecular flexibility index (Phi) is 8.16. The Morgan fingerprint density at radius 3 is 2.55 bits per heavy atom. The average Bonchev–Trinajstić information content (AvgIpc) is 2.80. The van der Waals surface area contributed by atoms with Gasteiger partial charge in [-0.3, -0.25) is 4.79 Å². The SMILES string of the molecule is COCCCNC(=O)c1cc2ccc(OC(=O)/C=C/c3ccc(C(C)C)cc3)cc2oc1=O. The number of benzene rings is 2. The molecule has 1 N–H and O–H groups in total. The van der Waals surface area contributed by atoms with Crippen LogP contribution in [0, 0.1) is 0 Å². The molecule has 0 radical (unpaired) electrons. The van der Waals surface area contributed by atoms with Crippen molar-refractivity contribution in [2.75, 3.05) is 20.3 Å². The van der Waals surface area contributed by atoms with Crippen LogP contribution in [-0.4, -0.2) is 32.1 Å². The van der Waals surface area contributed by atoms with E-state index in [0.29, 0.717) is 30.9 Å². The first kappa shape index (κ1) is 23.9. The maximum atomic E-state index is 12.3. The monoisotopic (exact) mass is 449 g/mol. The van der Waals surface area contributed by atoms with Crippen LogP contribution >= 0.6 is 0 Å². The van der Waals surface area contributed by atoms with Gasteiger partial charge in [-0.1, -0.05) is 38.1 Å². The molecule has 33 heavy (non-hydrogen) atoms. The molecule has 0 saturated carbocycles. The van der Waals surface area contributed by atoms with Crippen LogP contribution in [0.4, 0.5) is 0 Å². The van der Waals surface area contributed by atoms with E-state index in [2.05, 4.69) is 19.2 Å². The van der Waals surface area contributed by atoms with Gasteiger partial charge in [-0.15, -0.1) is 0 Å². The van der Waals surface area contributed by atoms with Crippen molar-refractivity contribution in [2.45, 2.75) is 26.2 Å². The van der Waals surface area contributed by atoms with E-state index in [9.17, 15) is 14.4 Å². The maximum Gasteiger partial charge on any atom is 0.349 e. The predicted octanol–water partition coefficient (Wildman–Crippen LogP) is 4.30. The highest BCUT2D eigenvalue weighted by Crippen LogP contribution is 2.21. The van der Waals surface area contributed by atoms with Gasteiger partial charge in [0.15, 0.2) is 0 Å². The van der Waals surface area contributed by atoms with Crippen molar-refractivity contribution in [3.63, 3.8) is 0 Å². The summed E-state index contributed by atoms with van der Waals surface area (Å²) in [6.45, 7) is 5.13. The number of ether oxygens (including phenoxy) is 2. The second-order valence-electron chi connectivity index (χ2n) is 7.83. The Bertz CT molecular complexity index is 1210. The second-order valence-corrected chi connectivity index (χ2v) is 7.83. The Labute approximate surface area is 192 Å². The van der Waals surface area contributed by atoms with E-state index in [4.69, 9.17) is 13.9 Å². The highest BCUT2D eigenvalue weighted by atomic mass is 16.5. The number of carbonyl (C=O) groups excluding carboxylic acids is 2. The van der Waals surface area contributed by atoms with Crippen LogP contribution < -0.4 is 15.7 Å². The van der Waals surface area contributed by atoms with Crippen LogP contribution in [-0.2, 0) is 9.53 Å². The van der Waals surface area contributed by atoms with E-state index >= 15 is 0 Å². The minimum absolute atomic E-state index is 0.0870. The van der Waals surface area contributed by atoms with Crippen LogP contribution in [0.2, 0.25) is 0 Å². The molecule has 3 aromatic rings. The van der Waals surface area contributed by atoms with Crippen LogP contribution in [0.15, 0.2) is 63.8 Å². The van der Waals surface area contributed by atoms with Crippen LogP contribution in [0.3, 0.4) is 0 Å². The van der Waals surface area contributed by atoms with Crippen LogP contribution in [0.5, 0.6) is 5.75 Å². The number of esters is 1. The van der Waals surface area contributed by atoms with Crippen LogP contribution in [0.1, 0.15) is 47.7 Å². The molecular formula is C26H27NO6. The first-order chi connectivity index (χ1) is 15.9. The van der Waals surface area contributed by atoms with Gasteiger partial charge in [-0.25, -0.2) is 9.59 Å². The number of hydrogen-bond acceptors (Lipinski definition) is 6. The summed E-state index contributed by atoms with van der Waals surface area (Å²) in [7, 11) is 1.58. The summed E-state index contributed by atoms with van der Waals surface area (Å²) in [5, 5.41) is 3.20. The molecule has 0 aliphatic carbocycles. The minimum Gasteiger partial charge on any atom is -0.423 e. The molecule has 1 heterocycles. The van der Waals surface area contributed by atoms with Gasteiger partial charge in [0, 0.05) is 37.8 Å². The number of methoxy groups -OCH3 is 1. The summed E-state index contributed by atoms with van der Waals surface area (Å²) in [4.78, 5) is 36.7. The molecule has 0 saturated heterocycles. The maximum absolute atomic E-state index is 12.3. The molecule has 0 aliphatic heterocycles. The highest BCUT2D eigenvalue weighted by molar-refractivity contribution is 5.97. The number of fused-ring (bicyclic) bond motifs is 1. The van der Waals surface area contributed by atoms with Gasteiger partial charge in [-0.2, -0.15) is 0 Å². The van der Waals surface area contributed by atoms with Crippen molar-refractivity contribution in [3.8, 4) is 5.75 Å². The fourth-order valence-electron chi connectivity index (χ4n) is 3.13. The zero-order valence-electron chi connectivity index (χ0n) is 18.9. The molecule has 1 amide bonds. The molecule has 172 valence electrons. The molecule has 1 aromatic heterocycles. The highest BCUT2D eigenvalue weighted by Gasteiger charge is 2.14. The molecule has 7 nitrogen and oxygen atoms in total. The summed E-state index contributed by atoms with van der Waals surface area (Å²) in [5.74, 6) is -0.403. The molecule has 0 fully saturated rings. The van der Waals surface area contributed by atoms with E-state index < -0.39 is 17.5 Å². The number of nitrogens with one attached hydrogen (secondary N) is 1. The quantitative estimate of drug-likeness (QED) is 0.172. The summed E-state index contributed by atoms with van der Waals surface area (Å²) >= 11 is 0. The fourth-order valence-corrected chi connectivity index (χ4v) is 3.13. The van der Waals surface area contributed by atoms with Gasteiger partial charge in [0.1, 0.15) is 16.9 Å². The van der Waals surface area contributed by atoms with E-state index in [1.54, 1.807) is 25.3 Å². The first-order valence-corrected chi connectivity index (χ1v) is 10.7. The standard InChI is InChI=1S/C26H27NO6/c1-17(2)19-8-5-18(6-9-19)7-12-24(28)32-21-11-10-20-15-22(26(30)33-23(20)16-21)25(29)27-13-4-14-31-3/h5-12,15-17H,4,13-14H2,1-3H3,(H,27,29)/b12-7+. The Hall–Kier alpha value is -3.71. The third kappa shape index (κ3) is 6.63. The lowest BCUT2D eigenvalue weighted by atomic mass is 10.0. The van der Waals surface area contributed by atoms with Gasteiger partial charge < -0.3 is 19.2 Å². The third-order valence-electron chi connectivity index (χ3n) is 5.00. The predicted molar refractivity (Wildman–Crippen MR) is 127 cm³/mol. The first-order valence-electron chi connectivity index (χ1n) is 10.7. The van der Waals surface area contributed by atoms with E-state index in [1.165, 1.54) is 23.8 Å². The van der Waals surface area contributed by atoms with Gasteiger partial charge in [-0.05, 0) is 47.7 Å². The smallest absolute Gasteiger partial charge is 0.349 e. The van der Waals surface area contributed by atoms with Crippen molar-refractivity contribution in [1.82, 2.24) is 5.32 Å². The molecule has 3 rings (SSSR count). The summed E-state index contributed by atoms with van der Waals surface area (Å²) < 4.78 is 15.5. The van der Waals surface area contributed by atoms with E-state index in [0.717, 1.165) is 5.56 Å². The van der Waals surface area contributed by atoms with Gasteiger partial charge in [0.05, 0.1) is 0 Å². The lowest BCUT2D eigenvalue weighted by Crippen LogP contribution is -2.29. The zero-order valence-corrected chi connectivity index (χ0v) is 18.9. The Morgan fingerprint density at radius 1 is 1.09 bits per heavy atom. The zero-order chi connectivity index (χ0) is 23.8. The summed E-state index contributed by atoms with van der Waals surface area (Å²) in [6, 6.07) is 14.0. The fraction of sp³-hybridized carbons (Fsp3) is 0.269. The third-order valence-corrected chi connectivity index (χ3v) is 5.00. The minimum atomic E-state index is -0.764. The Balaban J connectivity index is 1.67. The number of hydrogen-bond donors (Lipinski definition) is 1. The van der Waals surface area contributed by atoms with Crippen LogP contribution in [0.25, 0.3) is 17.0 Å². The average molecular weight is 450 g/mol. The number of amides is 1. The molecular weight excluding hydrogens is 422 g/mol.